The summed E-state index contributed by atoms with van der Waals surface area (Å²) in [5.74, 6) is -0.285. The summed E-state index contributed by atoms with van der Waals surface area (Å²) in [6.07, 6.45) is 2.31. The fraction of sp³-hybridized carbons (Fsp3) is 0.406. The molecule has 4 aromatic rings. The van der Waals surface area contributed by atoms with E-state index in [4.69, 9.17) is 4.74 Å². The summed E-state index contributed by atoms with van der Waals surface area (Å²) in [6, 6.07) is 17.7. The Morgan fingerprint density at radius 2 is 1.59 bits per heavy atom. The molecular weight excluding hydrogens is 667 g/mol. The molecule has 1 aliphatic rings. The number of anilines is 1. The summed E-state index contributed by atoms with van der Waals surface area (Å²) >= 11 is 3.07. The van der Waals surface area contributed by atoms with E-state index < -0.39 is 31.7 Å². The number of hydrogen-bond acceptors (Lipinski definition) is 11. The number of methoxy groups -OCH3 is 1. The Kier molecular flexibility index (Phi) is 12.5. The lowest BCUT2D eigenvalue weighted by molar-refractivity contribution is -0.667. The topological polar surface area (TPSA) is 134 Å². The van der Waals surface area contributed by atoms with Gasteiger partial charge in [-0.2, -0.15) is 4.57 Å². The van der Waals surface area contributed by atoms with Crippen LogP contribution in [0.1, 0.15) is 38.6 Å². The van der Waals surface area contributed by atoms with E-state index in [1.54, 1.807) is 18.4 Å². The van der Waals surface area contributed by atoms with Crippen LogP contribution in [-0.4, -0.2) is 75.6 Å². The predicted molar refractivity (Wildman–Crippen MR) is 186 cm³/mol. The molecule has 1 aliphatic heterocycles. The van der Waals surface area contributed by atoms with E-state index in [2.05, 4.69) is 25.7 Å². The van der Waals surface area contributed by atoms with Gasteiger partial charge in [0.25, 0.3) is 5.01 Å². The Labute approximate surface area is 280 Å². The Morgan fingerprint density at radius 1 is 0.913 bits per heavy atom. The van der Waals surface area contributed by atoms with Crippen molar-refractivity contribution >= 4 is 76.1 Å². The van der Waals surface area contributed by atoms with Crippen molar-refractivity contribution in [2.75, 3.05) is 49.7 Å². The molecule has 0 atom stereocenters. The second-order valence-electron chi connectivity index (χ2n) is 10.6. The van der Waals surface area contributed by atoms with Crippen LogP contribution in [0.5, 0.6) is 5.75 Å². The number of benzene rings is 3. The molecule has 0 N–H and O–H groups in total. The molecule has 0 spiro atoms. The maximum atomic E-state index is 11.3. The van der Waals surface area contributed by atoms with Crippen molar-refractivity contribution in [1.82, 2.24) is 4.90 Å². The molecule has 0 aliphatic carbocycles. The van der Waals surface area contributed by atoms with Crippen molar-refractivity contribution in [3.05, 3.63) is 64.6 Å². The highest BCUT2D eigenvalue weighted by molar-refractivity contribution is 8.04. The minimum absolute atomic E-state index is 0.152. The van der Waals surface area contributed by atoms with Crippen LogP contribution in [0, 0.1) is 0 Å². The molecule has 14 heteroatoms. The van der Waals surface area contributed by atoms with Gasteiger partial charge >= 0.3 is 0 Å². The molecule has 0 fully saturated rings. The Morgan fingerprint density at radius 3 is 2.22 bits per heavy atom. The number of rotatable bonds is 13. The standard InChI is InChI=1S/C26H26N2O7S4.C6H15N/c1-35-19-9-11-22-21(16-19)27(12-4-14-38(29,30)31)24(36-22)17-25-28(13-5-15-39(32,33)34)26-20-7-3-2-6-18(20)8-10-23(26)37-25;1-4-7(5-2)6-3/h2-3,6-11,16-17H,4-5,12-15H2,1H3,(H-,29,30,31,32,33,34);4-6H2,1-3H3/p-1. The van der Waals surface area contributed by atoms with Crippen LogP contribution in [-0.2, 0) is 26.8 Å². The minimum Gasteiger partial charge on any atom is -0.748 e. The quantitative estimate of drug-likeness (QED) is 0.130. The van der Waals surface area contributed by atoms with Gasteiger partial charge in [-0.05, 0) is 55.7 Å². The first kappa shape index (κ1) is 36.1. The molecule has 5 rings (SSSR count). The molecule has 0 saturated heterocycles. The van der Waals surface area contributed by atoms with Crippen molar-refractivity contribution in [2.24, 2.45) is 0 Å². The molecule has 0 radical (unpaired) electrons. The number of hydrogen-bond donors (Lipinski definition) is 0. The average molecular weight is 707 g/mol. The largest absolute Gasteiger partial charge is 0.748 e. The summed E-state index contributed by atoms with van der Waals surface area (Å²) in [5, 5.41) is 3.75. The van der Waals surface area contributed by atoms with E-state index in [0.29, 0.717) is 18.8 Å². The third-order valence-electron chi connectivity index (χ3n) is 7.69. The highest BCUT2D eigenvalue weighted by Crippen LogP contribution is 2.48. The van der Waals surface area contributed by atoms with Gasteiger partial charge in [0.1, 0.15) is 10.4 Å². The fourth-order valence-electron chi connectivity index (χ4n) is 5.32. The van der Waals surface area contributed by atoms with Gasteiger partial charge in [0.15, 0.2) is 6.54 Å². The summed E-state index contributed by atoms with van der Waals surface area (Å²) in [4.78, 5) is 5.31. The number of fused-ring (bicyclic) bond motifs is 4. The van der Waals surface area contributed by atoms with Gasteiger partial charge in [-0.1, -0.05) is 68.1 Å². The van der Waals surface area contributed by atoms with Gasteiger partial charge in [-0.3, -0.25) is 0 Å². The Balaban J connectivity index is 0.000000617. The molecule has 10 nitrogen and oxygen atoms in total. The van der Waals surface area contributed by atoms with Gasteiger partial charge in [-0.25, -0.2) is 16.8 Å². The second kappa shape index (κ2) is 15.9. The fourth-order valence-corrected chi connectivity index (χ4v) is 8.61. The van der Waals surface area contributed by atoms with Crippen molar-refractivity contribution in [1.29, 1.82) is 0 Å². The van der Waals surface area contributed by atoms with Crippen molar-refractivity contribution in [3.8, 4) is 5.75 Å². The first-order valence-electron chi connectivity index (χ1n) is 15.2. The lowest BCUT2D eigenvalue weighted by Gasteiger charge is -2.21. The highest BCUT2D eigenvalue weighted by Gasteiger charge is 2.29. The van der Waals surface area contributed by atoms with Crippen molar-refractivity contribution in [2.45, 2.75) is 45.1 Å². The van der Waals surface area contributed by atoms with E-state index in [-0.39, 0.29) is 12.8 Å². The summed E-state index contributed by atoms with van der Waals surface area (Å²) in [5.41, 5.74) is 1.81. The monoisotopic (exact) mass is 706 g/mol. The van der Waals surface area contributed by atoms with E-state index in [1.165, 1.54) is 31.4 Å². The number of aromatic nitrogens is 1. The number of aryl methyl sites for hydroxylation is 1. The summed E-state index contributed by atoms with van der Waals surface area (Å²) < 4.78 is 76.2. The van der Waals surface area contributed by atoms with Crippen LogP contribution in [0.15, 0.2) is 64.5 Å². The van der Waals surface area contributed by atoms with Crippen LogP contribution in [0.3, 0.4) is 0 Å². The molecule has 1 aromatic heterocycles. The van der Waals surface area contributed by atoms with E-state index in [0.717, 1.165) is 41.6 Å². The predicted octanol–water partition coefficient (Wildman–Crippen LogP) is 5.48. The van der Waals surface area contributed by atoms with Gasteiger partial charge in [0.2, 0.25) is 5.52 Å². The van der Waals surface area contributed by atoms with Gasteiger partial charge < -0.3 is 23.6 Å². The van der Waals surface area contributed by atoms with Crippen LogP contribution in [0.4, 0.5) is 5.69 Å². The molecular formula is C32H40N3O7S4-. The first-order chi connectivity index (χ1) is 21.9. The molecule has 0 unspecified atom stereocenters. The highest BCUT2D eigenvalue weighted by atomic mass is 32.2. The third kappa shape index (κ3) is 9.43. The Bertz CT molecular complexity index is 1900. The average Bonchev–Trinajstić information content (AvgIpc) is 3.54. The molecule has 46 heavy (non-hydrogen) atoms. The van der Waals surface area contributed by atoms with Crippen LogP contribution < -0.4 is 14.2 Å². The maximum absolute atomic E-state index is 11.3. The van der Waals surface area contributed by atoms with Crippen molar-refractivity contribution < 1.29 is 35.2 Å². The Hall–Kier alpha value is -2.72. The smallest absolute Gasteiger partial charge is 0.265 e. The molecule has 3 aromatic carbocycles. The number of ether oxygens (including phenoxy) is 1. The van der Waals surface area contributed by atoms with Crippen molar-refractivity contribution in [3.63, 3.8) is 0 Å². The molecule has 0 amide bonds. The van der Waals surface area contributed by atoms with Crippen LogP contribution in [0.2, 0.25) is 0 Å². The maximum Gasteiger partial charge on any atom is 0.265 e. The molecule has 2 heterocycles. The van der Waals surface area contributed by atoms with Crippen LogP contribution >= 0.6 is 23.1 Å². The van der Waals surface area contributed by atoms with Gasteiger partial charge in [-0.15, -0.1) is 0 Å². The van der Waals surface area contributed by atoms with E-state index in [1.807, 2.05) is 70.1 Å². The SMILES string of the molecule is CCN(CC)CC.COc1ccc2c(c1)N(CCCS(=O)(=O)[O-])/C(=C\c1sc3ccc4ccccc4c3[n+]1CCCS(=O)(=O)[O-])S2. The minimum atomic E-state index is -4.36. The zero-order valence-electron chi connectivity index (χ0n) is 26.5. The summed E-state index contributed by atoms with van der Waals surface area (Å²) in [6.45, 7) is 10.8. The van der Waals surface area contributed by atoms with E-state index >= 15 is 0 Å². The lowest BCUT2D eigenvalue weighted by Crippen LogP contribution is -2.36. The zero-order valence-corrected chi connectivity index (χ0v) is 29.7. The van der Waals surface area contributed by atoms with E-state index in [9.17, 15) is 25.9 Å². The lowest BCUT2D eigenvalue weighted by atomic mass is 10.1. The number of thiazole rings is 1. The normalized spacial score (nSPS) is 14.2. The van der Waals surface area contributed by atoms with Crippen LogP contribution in [0.25, 0.3) is 27.1 Å². The second-order valence-corrected chi connectivity index (χ2v) is 15.8. The zero-order chi connectivity index (χ0) is 33.5. The molecule has 0 saturated carbocycles. The van der Waals surface area contributed by atoms with Gasteiger partial charge in [0.05, 0.1) is 49.5 Å². The molecule has 0 bridgehead atoms. The number of nitrogens with zero attached hydrogens (tertiary/aromatic N) is 3. The molecule has 250 valence electrons. The third-order valence-corrected chi connectivity index (χ3v) is 11.5. The first-order valence-corrected chi connectivity index (χ1v) is 19.9. The van der Waals surface area contributed by atoms with Gasteiger partial charge in [0, 0.05) is 35.4 Å². The summed E-state index contributed by atoms with van der Waals surface area (Å²) in [7, 11) is -7.14. The number of thioether (sulfide) groups is 1.